The Morgan fingerprint density at radius 3 is 2.16 bits per heavy atom. The van der Waals surface area contributed by atoms with Crippen molar-refractivity contribution in [1.82, 2.24) is 10.6 Å². The van der Waals surface area contributed by atoms with Gasteiger partial charge in [-0.2, -0.15) is 0 Å². The fraction of sp³-hybridized carbons (Fsp3) is 0.294. The minimum Gasteiger partial charge on any atom is -0.445 e. The number of benzene rings is 3. The van der Waals surface area contributed by atoms with Gasteiger partial charge in [-0.3, -0.25) is 9.59 Å². The fourth-order valence-corrected chi connectivity index (χ4v) is 4.74. The SMILES string of the molecule is Cc1cc(=O)oc2cc(NC(=O)[C@H](CCc3ccccc3)NC(=O)[C@H](CC(C)C)NC(=O)OCc3ccccc3)ccc12. The van der Waals surface area contributed by atoms with Gasteiger partial charge in [-0.15, -0.1) is 0 Å². The molecule has 224 valence electrons. The Morgan fingerprint density at radius 2 is 1.49 bits per heavy atom. The molecule has 1 heterocycles. The average molecular weight is 584 g/mol. The van der Waals surface area contributed by atoms with Crippen LogP contribution in [0, 0.1) is 12.8 Å². The molecule has 4 rings (SSSR count). The van der Waals surface area contributed by atoms with Crippen molar-refractivity contribution in [1.29, 1.82) is 0 Å². The summed E-state index contributed by atoms with van der Waals surface area (Å²) in [6.45, 7) is 5.76. The van der Waals surface area contributed by atoms with Crippen LogP contribution in [0.3, 0.4) is 0 Å². The van der Waals surface area contributed by atoms with Crippen LogP contribution in [0.15, 0.2) is 94.1 Å². The molecule has 0 aliphatic heterocycles. The third-order valence-corrected chi connectivity index (χ3v) is 6.94. The predicted molar refractivity (Wildman–Crippen MR) is 166 cm³/mol. The highest BCUT2D eigenvalue weighted by Gasteiger charge is 2.28. The topological polar surface area (TPSA) is 127 Å². The van der Waals surface area contributed by atoms with Crippen molar-refractivity contribution in [3.05, 3.63) is 112 Å². The second-order valence-electron chi connectivity index (χ2n) is 10.9. The number of alkyl carbamates (subject to hydrolysis) is 1. The number of amides is 3. The molecule has 0 unspecified atom stereocenters. The normalized spacial score (nSPS) is 12.4. The smallest absolute Gasteiger partial charge is 0.408 e. The van der Waals surface area contributed by atoms with Gasteiger partial charge in [0.05, 0.1) is 0 Å². The molecule has 0 bridgehead atoms. The van der Waals surface area contributed by atoms with Gasteiger partial charge in [-0.25, -0.2) is 9.59 Å². The zero-order chi connectivity index (χ0) is 30.8. The lowest BCUT2D eigenvalue weighted by molar-refractivity contribution is -0.128. The molecule has 3 amide bonds. The average Bonchev–Trinajstić information content (AvgIpc) is 2.98. The molecule has 3 aromatic carbocycles. The van der Waals surface area contributed by atoms with Crippen molar-refractivity contribution >= 4 is 34.6 Å². The molecule has 0 fully saturated rings. The molecular formula is C34H37N3O6. The van der Waals surface area contributed by atoms with Gasteiger partial charge in [0.25, 0.3) is 0 Å². The van der Waals surface area contributed by atoms with Gasteiger partial charge in [0.2, 0.25) is 11.8 Å². The highest BCUT2D eigenvalue weighted by atomic mass is 16.5. The highest BCUT2D eigenvalue weighted by molar-refractivity contribution is 5.99. The largest absolute Gasteiger partial charge is 0.445 e. The van der Waals surface area contributed by atoms with Gasteiger partial charge < -0.3 is 25.1 Å². The summed E-state index contributed by atoms with van der Waals surface area (Å²) < 4.78 is 10.7. The van der Waals surface area contributed by atoms with Crippen LogP contribution in [0.1, 0.15) is 43.4 Å². The first-order valence-corrected chi connectivity index (χ1v) is 14.3. The monoisotopic (exact) mass is 583 g/mol. The maximum Gasteiger partial charge on any atom is 0.408 e. The van der Waals surface area contributed by atoms with Gasteiger partial charge in [0.1, 0.15) is 24.3 Å². The molecule has 4 aromatic rings. The van der Waals surface area contributed by atoms with Gasteiger partial charge in [0, 0.05) is 23.2 Å². The molecule has 9 heteroatoms. The molecule has 3 N–H and O–H groups in total. The fourth-order valence-electron chi connectivity index (χ4n) is 4.74. The molecule has 0 saturated heterocycles. The van der Waals surface area contributed by atoms with Gasteiger partial charge >= 0.3 is 11.7 Å². The zero-order valence-electron chi connectivity index (χ0n) is 24.6. The third kappa shape index (κ3) is 9.29. The Balaban J connectivity index is 1.48. The minimum absolute atomic E-state index is 0.0657. The Hall–Kier alpha value is -4.92. The summed E-state index contributed by atoms with van der Waals surface area (Å²) >= 11 is 0. The second kappa shape index (κ2) is 14.8. The number of hydrogen-bond acceptors (Lipinski definition) is 6. The molecule has 0 radical (unpaired) electrons. The Bertz CT molecular complexity index is 1600. The number of carbonyl (C=O) groups is 3. The van der Waals surface area contributed by atoms with E-state index in [4.69, 9.17) is 9.15 Å². The van der Waals surface area contributed by atoms with Crippen molar-refractivity contribution in [3.8, 4) is 0 Å². The minimum atomic E-state index is -0.912. The maximum atomic E-state index is 13.5. The van der Waals surface area contributed by atoms with Gasteiger partial charge in [-0.05, 0) is 60.9 Å². The van der Waals surface area contributed by atoms with E-state index in [1.165, 1.54) is 6.07 Å². The molecule has 43 heavy (non-hydrogen) atoms. The summed E-state index contributed by atoms with van der Waals surface area (Å²) in [5.74, 6) is -0.843. The summed E-state index contributed by atoms with van der Waals surface area (Å²) in [7, 11) is 0. The molecule has 1 aromatic heterocycles. The predicted octanol–water partition coefficient (Wildman–Crippen LogP) is 5.50. The molecular weight excluding hydrogens is 546 g/mol. The molecule has 0 aliphatic carbocycles. The number of carbonyl (C=O) groups excluding carboxylic acids is 3. The summed E-state index contributed by atoms with van der Waals surface area (Å²) in [5.41, 5.74) is 2.90. The number of fused-ring (bicyclic) bond motifs is 1. The molecule has 0 spiro atoms. The van der Waals surface area contributed by atoms with Crippen LogP contribution in [0.25, 0.3) is 11.0 Å². The lowest BCUT2D eigenvalue weighted by Crippen LogP contribution is -2.53. The number of nitrogens with one attached hydrogen (secondary N) is 3. The lowest BCUT2D eigenvalue weighted by Gasteiger charge is -2.24. The number of aryl methyl sites for hydroxylation is 2. The first kappa shape index (κ1) is 31.0. The van der Waals surface area contributed by atoms with E-state index in [1.807, 2.05) is 81.4 Å². The Kier molecular flexibility index (Phi) is 10.7. The number of rotatable bonds is 12. The van der Waals surface area contributed by atoms with E-state index < -0.39 is 35.6 Å². The van der Waals surface area contributed by atoms with Crippen LogP contribution >= 0.6 is 0 Å². The molecule has 9 nitrogen and oxygen atoms in total. The van der Waals surface area contributed by atoms with E-state index in [-0.39, 0.29) is 12.5 Å². The first-order chi connectivity index (χ1) is 20.7. The Morgan fingerprint density at radius 1 is 0.814 bits per heavy atom. The van der Waals surface area contributed by atoms with Crippen molar-refractivity contribution in [2.24, 2.45) is 5.92 Å². The maximum absolute atomic E-state index is 13.5. The molecule has 0 aliphatic rings. The van der Waals surface area contributed by atoms with E-state index in [0.29, 0.717) is 30.5 Å². The summed E-state index contributed by atoms with van der Waals surface area (Å²) in [6, 6.07) is 23.6. The van der Waals surface area contributed by atoms with Crippen LogP contribution in [-0.2, 0) is 27.4 Å². The standard InChI is InChI=1S/C34H37N3O6/c1-22(2)18-29(37-34(41)42-21-25-12-8-5-9-13-25)33(40)36-28(17-14-24-10-6-4-7-11-24)32(39)35-26-15-16-27-23(3)19-31(38)43-30(27)20-26/h4-13,15-16,19-20,22,28-29H,14,17-18,21H2,1-3H3,(H,35,39)(H,36,40)(H,37,41)/t28-,29-/m0/s1. The van der Waals surface area contributed by atoms with Crippen molar-refractivity contribution in [2.75, 3.05) is 5.32 Å². The van der Waals surface area contributed by atoms with E-state index in [0.717, 1.165) is 22.1 Å². The number of ether oxygens (including phenoxy) is 1. The van der Waals surface area contributed by atoms with Gasteiger partial charge in [-0.1, -0.05) is 74.5 Å². The zero-order valence-corrected chi connectivity index (χ0v) is 24.6. The van der Waals surface area contributed by atoms with E-state index in [9.17, 15) is 19.2 Å². The van der Waals surface area contributed by atoms with Crippen LogP contribution in [0.2, 0.25) is 0 Å². The van der Waals surface area contributed by atoms with Gasteiger partial charge in [0.15, 0.2) is 0 Å². The van der Waals surface area contributed by atoms with Crippen molar-refractivity contribution < 1.29 is 23.5 Å². The summed E-state index contributed by atoms with van der Waals surface area (Å²) in [6.07, 6.45) is 0.480. The first-order valence-electron chi connectivity index (χ1n) is 14.3. The van der Waals surface area contributed by atoms with Crippen molar-refractivity contribution in [2.45, 2.75) is 58.7 Å². The van der Waals surface area contributed by atoms with Crippen LogP contribution in [-0.4, -0.2) is 30.0 Å². The van der Waals surface area contributed by atoms with E-state index in [1.54, 1.807) is 18.2 Å². The molecule has 0 saturated carbocycles. The van der Waals surface area contributed by atoms with Crippen LogP contribution in [0.5, 0.6) is 0 Å². The summed E-state index contributed by atoms with van der Waals surface area (Å²) in [5, 5.41) is 9.13. The molecule has 2 atom stereocenters. The van der Waals surface area contributed by atoms with E-state index >= 15 is 0 Å². The second-order valence-corrected chi connectivity index (χ2v) is 10.9. The van der Waals surface area contributed by atoms with Crippen molar-refractivity contribution in [3.63, 3.8) is 0 Å². The highest BCUT2D eigenvalue weighted by Crippen LogP contribution is 2.21. The lowest BCUT2D eigenvalue weighted by atomic mass is 10.0. The number of hydrogen-bond donors (Lipinski definition) is 3. The van der Waals surface area contributed by atoms with Crippen LogP contribution in [0.4, 0.5) is 10.5 Å². The number of anilines is 1. The van der Waals surface area contributed by atoms with E-state index in [2.05, 4.69) is 16.0 Å². The Labute approximate surface area is 250 Å². The quantitative estimate of drug-likeness (QED) is 0.189. The van der Waals surface area contributed by atoms with Crippen LogP contribution < -0.4 is 21.6 Å². The summed E-state index contributed by atoms with van der Waals surface area (Å²) in [4.78, 5) is 51.5. The third-order valence-electron chi connectivity index (χ3n) is 6.94.